The number of hydrogen-bond acceptors (Lipinski definition) is 0. The Kier molecular flexibility index (Phi) is 1.42. The van der Waals surface area contributed by atoms with Gasteiger partial charge in [-0.15, -0.1) is 0 Å². The SMILES string of the molecule is C1=CC2C=CC1Cc1ccccc12. The lowest BCUT2D eigenvalue weighted by molar-refractivity contribution is 0.806. The van der Waals surface area contributed by atoms with Crippen LogP contribution in [0.4, 0.5) is 0 Å². The van der Waals surface area contributed by atoms with Crippen molar-refractivity contribution in [3.8, 4) is 0 Å². The third-order valence-electron chi connectivity index (χ3n) is 3.00. The van der Waals surface area contributed by atoms with Gasteiger partial charge in [-0.1, -0.05) is 48.6 Å². The number of allylic oxidation sites excluding steroid dienone is 4. The van der Waals surface area contributed by atoms with Crippen LogP contribution in [0.3, 0.4) is 0 Å². The van der Waals surface area contributed by atoms with Crippen molar-refractivity contribution in [3.05, 3.63) is 59.7 Å². The molecular weight excluding hydrogens is 156 g/mol. The van der Waals surface area contributed by atoms with E-state index in [-0.39, 0.29) is 0 Å². The highest BCUT2D eigenvalue weighted by Crippen LogP contribution is 2.33. The van der Waals surface area contributed by atoms with E-state index in [1.807, 2.05) is 0 Å². The van der Waals surface area contributed by atoms with E-state index in [0.717, 1.165) is 0 Å². The van der Waals surface area contributed by atoms with Gasteiger partial charge in [-0.25, -0.2) is 0 Å². The lowest BCUT2D eigenvalue weighted by Gasteiger charge is -2.10. The van der Waals surface area contributed by atoms with E-state index in [4.69, 9.17) is 0 Å². The zero-order valence-electron chi connectivity index (χ0n) is 7.48. The first-order valence-electron chi connectivity index (χ1n) is 4.88. The molecule has 0 N–H and O–H groups in total. The van der Waals surface area contributed by atoms with Crippen LogP contribution >= 0.6 is 0 Å². The summed E-state index contributed by atoms with van der Waals surface area (Å²) in [6.07, 6.45) is 10.5. The summed E-state index contributed by atoms with van der Waals surface area (Å²) in [5.41, 5.74) is 3.02. The molecule has 0 heteroatoms. The summed E-state index contributed by atoms with van der Waals surface area (Å²) >= 11 is 0. The summed E-state index contributed by atoms with van der Waals surface area (Å²) in [5, 5.41) is 0. The third kappa shape index (κ3) is 1.06. The smallest absolute Gasteiger partial charge is 0.0201 e. The highest BCUT2D eigenvalue weighted by atomic mass is 14.2. The van der Waals surface area contributed by atoms with Crippen LogP contribution in [0.2, 0.25) is 0 Å². The third-order valence-corrected chi connectivity index (χ3v) is 3.00. The van der Waals surface area contributed by atoms with Crippen molar-refractivity contribution in [1.29, 1.82) is 0 Å². The van der Waals surface area contributed by atoms with E-state index in [9.17, 15) is 0 Å². The van der Waals surface area contributed by atoms with Crippen LogP contribution in [-0.2, 0) is 6.42 Å². The Morgan fingerprint density at radius 2 is 1.69 bits per heavy atom. The van der Waals surface area contributed by atoms with Gasteiger partial charge in [0.25, 0.3) is 0 Å². The number of benzene rings is 1. The summed E-state index contributed by atoms with van der Waals surface area (Å²) in [7, 11) is 0. The maximum absolute atomic E-state index is 2.34. The quantitative estimate of drug-likeness (QED) is 0.522. The van der Waals surface area contributed by atoms with Crippen molar-refractivity contribution in [3.63, 3.8) is 0 Å². The van der Waals surface area contributed by atoms with Crippen molar-refractivity contribution in [2.75, 3.05) is 0 Å². The second kappa shape index (κ2) is 2.59. The molecule has 0 nitrogen and oxygen atoms in total. The predicted molar refractivity (Wildman–Crippen MR) is 54.7 cm³/mol. The summed E-state index contributed by atoms with van der Waals surface area (Å²) in [6.45, 7) is 0. The van der Waals surface area contributed by atoms with E-state index in [1.54, 1.807) is 0 Å². The molecule has 0 heterocycles. The van der Waals surface area contributed by atoms with Gasteiger partial charge in [0.15, 0.2) is 0 Å². The molecule has 2 bridgehead atoms. The van der Waals surface area contributed by atoms with Crippen LogP contribution < -0.4 is 0 Å². The highest BCUT2D eigenvalue weighted by molar-refractivity contribution is 5.42. The van der Waals surface area contributed by atoms with Gasteiger partial charge in [-0.2, -0.15) is 0 Å². The monoisotopic (exact) mass is 168 g/mol. The first-order chi connectivity index (χ1) is 6.43. The molecule has 0 aliphatic heterocycles. The molecule has 13 heavy (non-hydrogen) atoms. The minimum absolute atomic E-state index is 0.537. The van der Waals surface area contributed by atoms with Crippen molar-refractivity contribution >= 4 is 0 Å². The molecule has 0 fully saturated rings. The second-order valence-electron chi connectivity index (χ2n) is 3.86. The minimum Gasteiger partial charge on any atom is -0.0804 e. The molecule has 0 aromatic heterocycles. The molecule has 0 saturated heterocycles. The van der Waals surface area contributed by atoms with E-state index in [2.05, 4.69) is 48.6 Å². The number of rotatable bonds is 0. The average molecular weight is 168 g/mol. The Balaban J connectivity index is 2.20. The Morgan fingerprint density at radius 3 is 2.54 bits per heavy atom. The van der Waals surface area contributed by atoms with E-state index < -0.39 is 0 Å². The fourth-order valence-corrected chi connectivity index (χ4v) is 2.30. The largest absolute Gasteiger partial charge is 0.0804 e. The lowest BCUT2D eigenvalue weighted by Crippen LogP contribution is -1.96. The minimum atomic E-state index is 0.537. The lowest BCUT2D eigenvalue weighted by atomic mass is 9.95. The Labute approximate surface area is 78.6 Å². The molecule has 0 unspecified atom stereocenters. The van der Waals surface area contributed by atoms with Gasteiger partial charge >= 0.3 is 0 Å². The van der Waals surface area contributed by atoms with Crippen molar-refractivity contribution < 1.29 is 0 Å². The maximum atomic E-state index is 2.34. The van der Waals surface area contributed by atoms with Gasteiger partial charge in [0.1, 0.15) is 0 Å². The zero-order valence-corrected chi connectivity index (χ0v) is 7.48. The topological polar surface area (TPSA) is 0 Å². The molecule has 1 aromatic rings. The standard InChI is InChI=1S/C13H12/c1-2-4-13-11-7-5-10(6-8-11)9-12(13)3-1/h1-8,10-11H,9H2. The molecule has 1 aromatic carbocycles. The van der Waals surface area contributed by atoms with Crippen molar-refractivity contribution in [2.45, 2.75) is 12.3 Å². The van der Waals surface area contributed by atoms with Crippen LogP contribution in [0.5, 0.6) is 0 Å². The fraction of sp³-hybridized carbons (Fsp3) is 0.231. The molecule has 3 aliphatic carbocycles. The zero-order chi connectivity index (χ0) is 8.67. The molecule has 3 aliphatic rings. The van der Waals surface area contributed by atoms with Gasteiger partial charge in [-0.3, -0.25) is 0 Å². The highest BCUT2D eigenvalue weighted by Gasteiger charge is 2.19. The molecule has 64 valence electrons. The van der Waals surface area contributed by atoms with E-state index in [1.165, 1.54) is 17.5 Å². The van der Waals surface area contributed by atoms with Gasteiger partial charge in [0.05, 0.1) is 0 Å². The van der Waals surface area contributed by atoms with Crippen LogP contribution in [0.15, 0.2) is 48.6 Å². The van der Waals surface area contributed by atoms with Crippen LogP contribution in [0, 0.1) is 5.92 Å². The van der Waals surface area contributed by atoms with E-state index in [0.29, 0.717) is 11.8 Å². The van der Waals surface area contributed by atoms with Crippen LogP contribution in [0.25, 0.3) is 0 Å². The van der Waals surface area contributed by atoms with Crippen LogP contribution in [0.1, 0.15) is 17.0 Å². The molecule has 4 rings (SSSR count). The molecule has 0 atom stereocenters. The Hall–Kier alpha value is -1.30. The second-order valence-corrected chi connectivity index (χ2v) is 3.86. The summed E-state index contributed by atoms with van der Waals surface area (Å²) in [5.74, 6) is 1.18. The molecule has 0 radical (unpaired) electrons. The first kappa shape index (κ1) is 7.14. The van der Waals surface area contributed by atoms with Crippen LogP contribution in [-0.4, -0.2) is 0 Å². The first-order valence-corrected chi connectivity index (χ1v) is 4.88. The maximum Gasteiger partial charge on any atom is 0.0201 e. The number of hydrogen-bond donors (Lipinski definition) is 0. The van der Waals surface area contributed by atoms with Gasteiger partial charge in [-0.05, 0) is 23.5 Å². The molecule has 0 saturated carbocycles. The Bertz CT molecular complexity index is 371. The predicted octanol–water partition coefficient (Wildman–Crippen LogP) is 3.07. The van der Waals surface area contributed by atoms with Gasteiger partial charge in [0, 0.05) is 5.92 Å². The normalized spacial score (nSPS) is 28.6. The average Bonchev–Trinajstić information content (AvgIpc) is 2.46. The molecule has 0 amide bonds. The summed E-state index contributed by atoms with van der Waals surface area (Å²) in [6, 6.07) is 8.79. The summed E-state index contributed by atoms with van der Waals surface area (Å²) in [4.78, 5) is 0. The van der Waals surface area contributed by atoms with Crippen molar-refractivity contribution in [2.24, 2.45) is 5.92 Å². The van der Waals surface area contributed by atoms with E-state index >= 15 is 0 Å². The molecule has 0 spiro atoms. The Morgan fingerprint density at radius 1 is 0.923 bits per heavy atom. The van der Waals surface area contributed by atoms with Gasteiger partial charge in [0.2, 0.25) is 0 Å². The fourth-order valence-electron chi connectivity index (χ4n) is 2.30. The van der Waals surface area contributed by atoms with Gasteiger partial charge < -0.3 is 0 Å². The van der Waals surface area contributed by atoms with Crippen molar-refractivity contribution in [1.82, 2.24) is 0 Å². The summed E-state index contributed by atoms with van der Waals surface area (Å²) < 4.78 is 0. The molecular formula is C13H12.